The molecule has 3 rings (SSSR count). The number of hydrogen-bond donors (Lipinski definition) is 2. The summed E-state index contributed by atoms with van der Waals surface area (Å²) in [5.74, 6) is 0.623. The Bertz CT molecular complexity index is 858. The van der Waals surface area contributed by atoms with Crippen molar-refractivity contribution in [1.82, 2.24) is 9.97 Å². The molecular formula is C16H14BrN3O. The summed E-state index contributed by atoms with van der Waals surface area (Å²) in [6, 6.07) is 13.3. The number of halogens is 1. The summed E-state index contributed by atoms with van der Waals surface area (Å²) in [5, 5.41) is 3.91. The molecule has 0 amide bonds. The number of aromatic nitrogens is 2. The van der Waals surface area contributed by atoms with Gasteiger partial charge in [-0.2, -0.15) is 0 Å². The molecule has 1 heterocycles. The van der Waals surface area contributed by atoms with E-state index in [-0.39, 0.29) is 5.56 Å². The lowest BCUT2D eigenvalue weighted by atomic mass is 10.2. The van der Waals surface area contributed by atoms with Crippen LogP contribution in [0.2, 0.25) is 0 Å². The first-order valence-electron chi connectivity index (χ1n) is 6.62. The highest BCUT2D eigenvalue weighted by molar-refractivity contribution is 9.10. The highest BCUT2D eigenvalue weighted by atomic mass is 79.9. The minimum Gasteiger partial charge on any atom is -0.378 e. The second-order valence-electron chi connectivity index (χ2n) is 4.80. The molecule has 0 fully saturated rings. The van der Waals surface area contributed by atoms with Crippen molar-refractivity contribution in [2.24, 2.45) is 0 Å². The Hall–Kier alpha value is -2.14. The van der Waals surface area contributed by atoms with Crippen molar-refractivity contribution in [2.45, 2.75) is 13.5 Å². The van der Waals surface area contributed by atoms with Crippen molar-refractivity contribution < 1.29 is 0 Å². The number of nitrogens with one attached hydrogen (secondary N) is 2. The van der Waals surface area contributed by atoms with Gasteiger partial charge in [-0.05, 0) is 36.8 Å². The molecule has 21 heavy (non-hydrogen) atoms. The van der Waals surface area contributed by atoms with Gasteiger partial charge < -0.3 is 10.3 Å². The first-order chi connectivity index (χ1) is 10.1. The van der Waals surface area contributed by atoms with E-state index in [0.29, 0.717) is 23.3 Å². The van der Waals surface area contributed by atoms with Crippen LogP contribution in [0.4, 0.5) is 5.69 Å². The van der Waals surface area contributed by atoms with E-state index in [1.54, 1.807) is 6.07 Å². The average molecular weight is 344 g/mol. The van der Waals surface area contributed by atoms with Gasteiger partial charge in [0.25, 0.3) is 5.56 Å². The summed E-state index contributed by atoms with van der Waals surface area (Å²) < 4.78 is 1.05. The minimum absolute atomic E-state index is 0.108. The lowest BCUT2D eigenvalue weighted by Gasteiger charge is -2.10. The maximum atomic E-state index is 12.0. The molecule has 0 radical (unpaired) electrons. The van der Waals surface area contributed by atoms with Crippen LogP contribution in [0.25, 0.3) is 10.9 Å². The number of anilines is 1. The highest BCUT2D eigenvalue weighted by Crippen LogP contribution is 2.23. The van der Waals surface area contributed by atoms with Crippen molar-refractivity contribution in [3.63, 3.8) is 0 Å². The standard InChI is InChI=1S/C16H14BrN3O/c1-10-12(17)6-4-8-13(10)18-9-15-19-14-7-3-2-5-11(14)16(21)20-15/h2-8,18H,9H2,1H3,(H,19,20,21). The van der Waals surface area contributed by atoms with E-state index in [1.165, 1.54) is 0 Å². The van der Waals surface area contributed by atoms with Crippen LogP contribution in [0, 0.1) is 6.92 Å². The topological polar surface area (TPSA) is 57.8 Å². The second kappa shape index (κ2) is 5.69. The van der Waals surface area contributed by atoms with E-state index in [2.05, 4.69) is 31.2 Å². The van der Waals surface area contributed by atoms with Gasteiger partial charge in [0.2, 0.25) is 0 Å². The molecular weight excluding hydrogens is 330 g/mol. The number of rotatable bonds is 3. The summed E-state index contributed by atoms with van der Waals surface area (Å²) in [7, 11) is 0. The predicted octanol–water partition coefficient (Wildman–Crippen LogP) is 3.61. The molecule has 0 atom stereocenters. The van der Waals surface area contributed by atoms with Crippen LogP contribution in [0.3, 0.4) is 0 Å². The molecule has 0 bridgehead atoms. The van der Waals surface area contributed by atoms with Crippen LogP contribution in [0.5, 0.6) is 0 Å². The number of H-pyrrole nitrogens is 1. The van der Waals surface area contributed by atoms with Gasteiger partial charge in [0, 0.05) is 10.2 Å². The third-order valence-electron chi connectivity index (χ3n) is 3.38. The summed E-state index contributed by atoms with van der Waals surface area (Å²) in [4.78, 5) is 19.3. The number of fused-ring (bicyclic) bond motifs is 1. The Morgan fingerprint density at radius 1 is 1.19 bits per heavy atom. The summed E-state index contributed by atoms with van der Waals surface area (Å²) in [6.45, 7) is 2.50. The van der Waals surface area contributed by atoms with Gasteiger partial charge in [0.15, 0.2) is 0 Å². The molecule has 0 unspecified atom stereocenters. The van der Waals surface area contributed by atoms with E-state index < -0.39 is 0 Å². The first kappa shape index (κ1) is 13.8. The third kappa shape index (κ3) is 2.83. The molecule has 4 nitrogen and oxygen atoms in total. The van der Waals surface area contributed by atoms with Gasteiger partial charge >= 0.3 is 0 Å². The molecule has 0 aliphatic carbocycles. The van der Waals surface area contributed by atoms with Gasteiger partial charge in [-0.15, -0.1) is 0 Å². The molecule has 0 saturated heterocycles. The highest BCUT2D eigenvalue weighted by Gasteiger charge is 2.05. The van der Waals surface area contributed by atoms with E-state index in [0.717, 1.165) is 15.7 Å². The maximum absolute atomic E-state index is 12.0. The predicted molar refractivity (Wildman–Crippen MR) is 88.6 cm³/mol. The van der Waals surface area contributed by atoms with Crippen LogP contribution >= 0.6 is 15.9 Å². The van der Waals surface area contributed by atoms with Gasteiger partial charge in [-0.1, -0.05) is 34.1 Å². The largest absolute Gasteiger partial charge is 0.378 e. The third-order valence-corrected chi connectivity index (χ3v) is 4.23. The zero-order valence-corrected chi connectivity index (χ0v) is 13.1. The fraction of sp³-hybridized carbons (Fsp3) is 0.125. The first-order valence-corrected chi connectivity index (χ1v) is 7.41. The molecule has 5 heteroatoms. The Morgan fingerprint density at radius 2 is 2.00 bits per heavy atom. The number of benzene rings is 2. The monoisotopic (exact) mass is 343 g/mol. The average Bonchev–Trinajstić information content (AvgIpc) is 2.49. The Morgan fingerprint density at radius 3 is 2.86 bits per heavy atom. The van der Waals surface area contributed by atoms with Crippen LogP contribution < -0.4 is 10.9 Å². The molecule has 1 aromatic heterocycles. The van der Waals surface area contributed by atoms with Crippen LogP contribution in [0.1, 0.15) is 11.4 Å². The number of hydrogen-bond acceptors (Lipinski definition) is 3. The summed E-state index contributed by atoms with van der Waals surface area (Å²) in [5.41, 5.74) is 2.74. The quantitative estimate of drug-likeness (QED) is 0.763. The smallest absolute Gasteiger partial charge is 0.258 e. The lowest BCUT2D eigenvalue weighted by molar-refractivity contribution is 0.951. The number of nitrogens with zero attached hydrogens (tertiary/aromatic N) is 1. The normalized spacial score (nSPS) is 10.8. The SMILES string of the molecule is Cc1c(Br)cccc1NCc1nc2ccccc2c(=O)[nH]1. The van der Waals surface area contributed by atoms with Crippen LogP contribution in [-0.4, -0.2) is 9.97 Å². The Labute approximate surface area is 130 Å². The second-order valence-corrected chi connectivity index (χ2v) is 5.65. The molecule has 0 aliphatic heterocycles. The van der Waals surface area contributed by atoms with Crippen molar-refractivity contribution >= 4 is 32.5 Å². The summed E-state index contributed by atoms with van der Waals surface area (Å²) >= 11 is 3.50. The number of para-hydroxylation sites is 1. The van der Waals surface area contributed by atoms with E-state index >= 15 is 0 Å². The van der Waals surface area contributed by atoms with Gasteiger partial charge in [0.05, 0.1) is 17.4 Å². The van der Waals surface area contributed by atoms with E-state index in [9.17, 15) is 4.79 Å². The number of aromatic amines is 1. The zero-order chi connectivity index (χ0) is 14.8. The molecule has 3 aromatic rings. The van der Waals surface area contributed by atoms with Crippen molar-refractivity contribution in [3.8, 4) is 0 Å². The van der Waals surface area contributed by atoms with Gasteiger partial charge in [0.1, 0.15) is 5.82 Å². The van der Waals surface area contributed by atoms with Crippen molar-refractivity contribution in [1.29, 1.82) is 0 Å². The summed E-state index contributed by atoms with van der Waals surface area (Å²) in [6.07, 6.45) is 0. The van der Waals surface area contributed by atoms with E-state index in [1.807, 2.05) is 43.3 Å². The fourth-order valence-corrected chi connectivity index (χ4v) is 2.56. The molecule has 2 N–H and O–H groups in total. The Balaban J connectivity index is 1.89. The maximum Gasteiger partial charge on any atom is 0.258 e. The minimum atomic E-state index is -0.108. The van der Waals surface area contributed by atoms with Gasteiger partial charge in [-0.25, -0.2) is 4.98 Å². The molecule has 2 aromatic carbocycles. The molecule has 0 saturated carbocycles. The molecule has 0 aliphatic rings. The lowest BCUT2D eigenvalue weighted by Crippen LogP contribution is -2.14. The van der Waals surface area contributed by atoms with Crippen molar-refractivity contribution in [3.05, 3.63) is 68.7 Å². The van der Waals surface area contributed by atoms with Gasteiger partial charge in [-0.3, -0.25) is 4.79 Å². The molecule has 106 valence electrons. The van der Waals surface area contributed by atoms with Crippen LogP contribution in [0.15, 0.2) is 51.7 Å². The fourth-order valence-electron chi connectivity index (χ4n) is 2.20. The Kier molecular flexibility index (Phi) is 3.75. The van der Waals surface area contributed by atoms with Crippen LogP contribution in [-0.2, 0) is 6.54 Å². The van der Waals surface area contributed by atoms with Crippen molar-refractivity contribution in [2.75, 3.05) is 5.32 Å². The molecule has 0 spiro atoms. The van der Waals surface area contributed by atoms with E-state index in [4.69, 9.17) is 0 Å². The zero-order valence-electron chi connectivity index (χ0n) is 11.5.